The first kappa shape index (κ1) is 13.7. The van der Waals surface area contributed by atoms with E-state index in [-0.39, 0.29) is 0 Å². The van der Waals surface area contributed by atoms with Crippen molar-refractivity contribution < 1.29 is 0 Å². The third-order valence-corrected chi connectivity index (χ3v) is 5.59. The number of nitriles is 1. The van der Waals surface area contributed by atoms with E-state index in [0.717, 1.165) is 21.6 Å². The minimum Gasteiger partial charge on any atom is -0.331 e. The zero-order valence-electron chi connectivity index (χ0n) is 11.4. The molecule has 1 fully saturated rings. The van der Waals surface area contributed by atoms with Crippen LogP contribution in [0.2, 0.25) is 0 Å². The maximum absolute atomic E-state index is 9.10. The van der Waals surface area contributed by atoms with Gasteiger partial charge in [0.25, 0.3) is 0 Å². The summed E-state index contributed by atoms with van der Waals surface area (Å²) in [7, 11) is 0. The average Bonchev–Trinajstić information content (AvgIpc) is 3.01. The van der Waals surface area contributed by atoms with Crippen LogP contribution in [0.3, 0.4) is 0 Å². The van der Waals surface area contributed by atoms with Crippen molar-refractivity contribution in [2.45, 2.75) is 37.5 Å². The van der Waals surface area contributed by atoms with E-state index in [1.807, 2.05) is 30.0 Å². The fraction of sp³-hybridized carbons (Fsp3) is 0.467. The highest BCUT2D eigenvalue weighted by molar-refractivity contribution is 7.99. The van der Waals surface area contributed by atoms with Gasteiger partial charge in [-0.25, -0.2) is 0 Å². The van der Waals surface area contributed by atoms with E-state index in [0.29, 0.717) is 16.9 Å². The Bertz CT molecular complexity index is 723. The van der Waals surface area contributed by atoms with Crippen LogP contribution < -0.4 is 0 Å². The van der Waals surface area contributed by atoms with Crippen molar-refractivity contribution in [2.24, 2.45) is 0 Å². The average molecular weight is 303 g/mol. The number of imidazole rings is 1. The minimum absolute atomic E-state index is 0.454. The maximum atomic E-state index is 9.10. The molecule has 3 rings (SSSR count). The van der Waals surface area contributed by atoms with Crippen LogP contribution >= 0.6 is 24.0 Å². The number of nitrogens with one attached hydrogen (secondary N) is 1. The molecule has 3 nitrogen and oxygen atoms in total. The van der Waals surface area contributed by atoms with Gasteiger partial charge in [-0.2, -0.15) is 17.0 Å². The van der Waals surface area contributed by atoms with Crippen LogP contribution in [-0.2, 0) is 0 Å². The monoisotopic (exact) mass is 303 g/mol. The number of fused-ring (bicyclic) bond motifs is 1. The van der Waals surface area contributed by atoms with Gasteiger partial charge in [-0.05, 0) is 49.0 Å². The number of benzene rings is 1. The van der Waals surface area contributed by atoms with Crippen molar-refractivity contribution in [3.8, 4) is 6.07 Å². The third kappa shape index (κ3) is 2.27. The molecule has 2 aromatic rings. The number of aromatic nitrogens is 2. The molecule has 5 heteroatoms. The topological polar surface area (TPSA) is 44.5 Å². The summed E-state index contributed by atoms with van der Waals surface area (Å²) in [6.45, 7) is 2.21. The highest BCUT2D eigenvalue weighted by atomic mass is 32.2. The molecule has 104 valence electrons. The lowest BCUT2D eigenvalue weighted by Gasteiger charge is -2.21. The van der Waals surface area contributed by atoms with E-state index in [1.54, 1.807) is 0 Å². The van der Waals surface area contributed by atoms with E-state index >= 15 is 0 Å². The van der Waals surface area contributed by atoms with E-state index < -0.39 is 0 Å². The summed E-state index contributed by atoms with van der Waals surface area (Å²) in [4.78, 5) is 3.28. The smallest absolute Gasteiger partial charge is 0.178 e. The summed E-state index contributed by atoms with van der Waals surface area (Å²) < 4.78 is 3.02. The molecular formula is C15H17N3S2. The Kier molecular flexibility index (Phi) is 3.86. The molecule has 1 aliphatic rings. The van der Waals surface area contributed by atoms with Crippen molar-refractivity contribution in [2.75, 3.05) is 5.75 Å². The van der Waals surface area contributed by atoms with Crippen LogP contribution in [0.5, 0.6) is 0 Å². The summed E-state index contributed by atoms with van der Waals surface area (Å²) >= 11 is 7.55. The Hall–Kier alpha value is -1.25. The normalized spacial score (nSPS) is 22.2. The first-order chi connectivity index (χ1) is 9.74. The van der Waals surface area contributed by atoms with E-state index in [2.05, 4.69) is 22.5 Å². The van der Waals surface area contributed by atoms with Crippen molar-refractivity contribution >= 4 is 35.0 Å². The predicted octanol–water partition coefficient (Wildman–Crippen LogP) is 4.42. The second-order valence-corrected chi connectivity index (χ2v) is 7.04. The molecule has 0 radical (unpaired) electrons. The van der Waals surface area contributed by atoms with E-state index in [4.69, 9.17) is 17.5 Å². The predicted molar refractivity (Wildman–Crippen MR) is 86.6 cm³/mol. The van der Waals surface area contributed by atoms with Crippen LogP contribution in [0.15, 0.2) is 18.2 Å². The van der Waals surface area contributed by atoms with E-state index in [9.17, 15) is 0 Å². The SMILES string of the molecule is CCSC1CCCC1n1c(=S)[nH]c2ccc(C#N)cc21. The molecule has 0 saturated heterocycles. The lowest BCUT2D eigenvalue weighted by atomic mass is 10.2. The van der Waals surface area contributed by atoms with Crippen molar-refractivity contribution in [3.05, 3.63) is 28.5 Å². The lowest BCUT2D eigenvalue weighted by Crippen LogP contribution is -2.16. The zero-order valence-corrected chi connectivity index (χ0v) is 13.1. The fourth-order valence-electron chi connectivity index (χ4n) is 3.13. The Morgan fingerprint density at radius 3 is 3.10 bits per heavy atom. The van der Waals surface area contributed by atoms with Gasteiger partial charge in [0.2, 0.25) is 0 Å². The third-order valence-electron chi connectivity index (χ3n) is 3.98. The highest BCUT2D eigenvalue weighted by Crippen LogP contribution is 2.40. The molecule has 1 N–H and O–H groups in total. The van der Waals surface area contributed by atoms with Crippen LogP contribution in [0, 0.1) is 16.1 Å². The molecule has 2 unspecified atom stereocenters. The summed E-state index contributed by atoms with van der Waals surface area (Å²) in [5.41, 5.74) is 2.79. The van der Waals surface area contributed by atoms with Crippen molar-refractivity contribution in [3.63, 3.8) is 0 Å². The summed E-state index contributed by atoms with van der Waals surface area (Å²) in [6, 6.07) is 8.42. The molecule has 1 heterocycles. The molecule has 1 saturated carbocycles. The van der Waals surface area contributed by atoms with Crippen molar-refractivity contribution in [1.82, 2.24) is 9.55 Å². The highest BCUT2D eigenvalue weighted by Gasteiger charge is 2.30. The standard InChI is InChI=1S/C15H17N3S2/c1-2-20-14-5-3-4-12(14)18-13-8-10(9-16)6-7-11(13)17-15(18)19/h6-8,12,14H,2-5H2,1H3,(H,17,19). The molecule has 0 aliphatic heterocycles. The molecule has 1 aromatic carbocycles. The second kappa shape index (κ2) is 5.63. The van der Waals surface area contributed by atoms with Gasteiger partial charge in [0.1, 0.15) is 0 Å². The molecule has 0 bridgehead atoms. The number of hydrogen-bond acceptors (Lipinski definition) is 3. The van der Waals surface area contributed by atoms with Gasteiger partial charge in [0.15, 0.2) is 4.77 Å². The summed E-state index contributed by atoms with van der Waals surface area (Å²) in [6.07, 6.45) is 3.69. The number of rotatable bonds is 3. The Morgan fingerprint density at radius 2 is 2.35 bits per heavy atom. The second-order valence-electron chi connectivity index (χ2n) is 5.14. The van der Waals surface area contributed by atoms with Crippen LogP contribution in [-0.4, -0.2) is 20.6 Å². The Balaban J connectivity index is 2.13. The first-order valence-corrected chi connectivity index (χ1v) is 8.46. The van der Waals surface area contributed by atoms with Gasteiger partial charge in [-0.3, -0.25) is 0 Å². The van der Waals surface area contributed by atoms with Crippen molar-refractivity contribution in [1.29, 1.82) is 5.26 Å². The van der Waals surface area contributed by atoms with Crippen LogP contribution in [0.4, 0.5) is 0 Å². The van der Waals surface area contributed by atoms with Gasteiger partial charge in [0.05, 0.1) is 22.7 Å². The quantitative estimate of drug-likeness (QED) is 0.854. The molecule has 2 atom stereocenters. The number of nitrogens with zero attached hydrogens (tertiary/aromatic N) is 2. The summed E-state index contributed by atoms with van der Waals surface area (Å²) in [5.74, 6) is 1.14. The molecule has 0 amide bonds. The molecular weight excluding hydrogens is 286 g/mol. The molecule has 20 heavy (non-hydrogen) atoms. The molecule has 0 spiro atoms. The van der Waals surface area contributed by atoms with Gasteiger partial charge < -0.3 is 9.55 Å². The maximum Gasteiger partial charge on any atom is 0.178 e. The zero-order chi connectivity index (χ0) is 14.1. The lowest BCUT2D eigenvalue weighted by molar-refractivity contribution is 0.536. The molecule has 1 aliphatic carbocycles. The van der Waals surface area contributed by atoms with Crippen LogP contribution in [0.1, 0.15) is 37.8 Å². The number of thioether (sulfide) groups is 1. The largest absolute Gasteiger partial charge is 0.331 e. The number of hydrogen-bond donors (Lipinski definition) is 1. The summed E-state index contributed by atoms with van der Waals surface area (Å²) in [5, 5.41) is 9.73. The van der Waals surface area contributed by atoms with Gasteiger partial charge in [-0.1, -0.05) is 13.3 Å². The van der Waals surface area contributed by atoms with Crippen LogP contribution in [0.25, 0.3) is 11.0 Å². The van der Waals surface area contributed by atoms with Gasteiger partial charge in [-0.15, -0.1) is 0 Å². The Morgan fingerprint density at radius 1 is 1.50 bits per heavy atom. The van der Waals surface area contributed by atoms with E-state index in [1.165, 1.54) is 19.3 Å². The number of H-pyrrole nitrogens is 1. The Labute approximate surface area is 128 Å². The van der Waals surface area contributed by atoms with Gasteiger partial charge >= 0.3 is 0 Å². The molecule has 1 aromatic heterocycles. The first-order valence-electron chi connectivity index (χ1n) is 7.00. The van der Waals surface area contributed by atoms with Gasteiger partial charge in [0, 0.05) is 11.3 Å². The number of aromatic amines is 1. The minimum atomic E-state index is 0.454. The fourth-order valence-corrected chi connectivity index (χ4v) is 4.72.